The maximum Gasteiger partial charge on any atom is 0.126 e. The Morgan fingerprint density at radius 3 is 2.09 bits per heavy atom. The molecule has 1 atom stereocenters. The molecular weight excluding hydrogens is 291 g/mol. The van der Waals surface area contributed by atoms with Gasteiger partial charge in [0.15, 0.2) is 0 Å². The highest BCUT2D eigenvalue weighted by Gasteiger charge is 2.10. The Hall–Kier alpha value is -0.500. The lowest BCUT2D eigenvalue weighted by Gasteiger charge is -2.14. The summed E-state index contributed by atoms with van der Waals surface area (Å²) in [4.78, 5) is 0. The summed E-state index contributed by atoms with van der Waals surface area (Å²) in [6.45, 7) is 2.26. The van der Waals surface area contributed by atoms with Crippen molar-refractivity contribution in [1.29, 1.82) is 0 Å². The molecule has 126 valence electrons. The van der Waals surface area contributed by atoms with E-state index in [1.807, 2.05) is 12.1 Å². The van der Waals surface area contributed by atoms with Gasteiger partial charge in [-0.1, -0.05) is 82.9 Å². The van der Waals surface area contributed by atoms with E-state index in [1.54, 1.807) is 12.1 Å². The summed E-state index contributed by atoms with van der Waals surface area (Å²) in [6, 6.07) is 7.15. The lowest BCUT2D eigenvalue weighted by molar-refractivity contribution is 0.475. The molecule has 1 rings (SSSR count). The van der Waals surface area contributed by atoms with E-state index < -0.39 is 0 Å². The number of halogens is 1. The van der Waals surface area contributed by atoms with Crippen molar-refractivity contribution in [1.82, 2.24) is 0 Å². The fourth-order valence-corrected chi connectivity index (χ4v) is 3.29. The summed E-state index contributed by atoms with van der Waals surface area (Å²) in [5, 5.41) is 0. The van der Waals surface area contributed by atoms with Crippen LogP contribution in [-0.2, 0) is 6.42 Å². The largest absolute Gasteiger partial charge is 0.207 e. The van der Waals surface area contributed by atoms with E-state index in [4.69, 9.17) is 0 Å². The third-order valence-electron chi connectivity index (χ3n) is 4.44. The minimum Gasteiger partial charge on any atom is -0.207 e. The minimum absolute atomic E-state index is 0.0682. The van der Waals surface area contributed by atoms with Gasteiger partial charge in [0.05, 0.1) is 0 Å². The van der Waals surface area contributed by atoms with Crippen LogP contribution in [0.4, 0.5) is 4.39 Å². The molecule has 0 N–H and O–H groups in total. The van der Waals surface area contributed by atoms with Crippen LogP contribution in [-0.4, -0.2) is 5.75 Å². The van der Waals surface area contributed by atoms with Crippen molar-refractivity contribution in [2.45, 2.75) is 77.6 Å². The molecule has 1 unspecified atom stereocenters. The molecule has 0 aromatic heterocycles. The Bertz CT molecular complexity index is 378. The van der Waals surface area contributed by atoms with Gasteiger partial charge in [0.1, 0.15) is 5.82 Å². The van der Waals surface area contributed by atoms with Gasteiger partial charge in [0.2, 0.25) is 0 Å². The maximum atomic E-state index is 13.7. The topological polar surface area (TPSA) is 0 Å². The van der Waals surface area contributed by atoms with Gasteiger partial charge >= 0.3 is 0 Å². The zero-order valence-corrected chi connectivity index (χ0v) is 15.1. The second-order valence-electron chi connectivity index (χ2n) is 6.46. The first-order valence-corrected chi connectivity index (χ1v) is 9.75. The van der Waals surface area contributed by atoms with Gasteiger partial charge in [-0.05, 0) is 36.1 Å². The van der Waals surface area contributed by atoms with Gasteiger partial charge in [-0.2, -0.15) is 12.6 Å². The van der Waals surface area contributed by atoms with Crippen LogP contribution in [0.1, 0.15) is 76.7 Å². The van der Waals surface area contributed by atoms with Crippen molar-refractivity contribution in [3.05, 3.63) is 35.6 Å². The van der Waals surface area contributed by atoms with Crippen molar-refractivity contribution < 1.29 is 4.39 Å². The Labute approximate surface area is 142 Å². The molecule has 0 saturated carbocycles. The molecule has 0 bridgehead atoms. The van der Waals surface area contributed by atoms with E-state index in [2.05, 4.69) is 19.6 Å². The molecular formula is C20H33FS. The Morgan fingerprint density at radius 1 is 0.909 bits per heavy atom. The quantitative estimate of drug-likeness (QED) is 0.298. The molecule has 0 radical (unpaired) electrons. The SMILES string of the molecule is CCCCCCCCCCCC(CS)Cc1ccccc1F. The standard InChI is InChI=1S/C20H33FS/c1-2-3-4-5-6-7-8-9-10-13-18(17-22)16-19-14-11-12-15-20(19)21/h11-12,14-15,18,22H,2-10,13,16-17H2,1H3. The number of thiol groups is 1. The smallest absolute Gasteiger partial charge is 0.126 e. The van der Waals surface area contributed by atoms with Gasteiger partial charge in [0.25, 0.3) is 0 Å². The molecule has 2 heteroatoms. The van der Waals surface area contributed by atoms with Crippen LogP contribution in [0.25, 0.3) is 0 Å². The van der Waals surface area contributed by atoms with Crippen molar-refractivity contribution in [2.75, 3.05) is 5.75 Å². The van der Waals surface area contributed by atoms with E-state index >= 15 is 0 Å². The monoisotopic (exact) mass is 324 g/mol. The molecule has 0 aliphatic heterocycles. The summed E-state index contributed by atoms with van der Waals surface area (Å²) < 4.78 is 13.7. The van der Waals surface area contributed by atoms with Crippen LogP contribution >= 0.6 is 12.6 Å². The van der Waals surface area contributed by atoms with Crippen molar-refractivity contribution in [3.63, 3.8) is 0 Å². The molecule has 0 aliphatic carbocycles. The molecule has 0 nitrogen and oxygen atoms in total. The van der Waals surface area contributed by atoms with E-state index in [-0.39, 0.29) is 5.82 Å². The maximum absolute atomic E-state index is 13.7. The highest BCUT2D eigenvalue weighted by molar-refractivity contribution is 7.80. The van der Waals surface area contributed by atoms with Crippen molar-refractivity contribution in [2.24, 2.45) is 5.92 Å². The molecule has 0 heterocycles. The van der Waals surface area contributed by atoms with Gasteiger partial charge < -0.3 is 0 Å². The lowest BCUT2D eigenvalue weighted by atomic mass is 9.94. The van der Waals surface area contributed by atoms with E-state index in [0.717, 1.165) is 17.7 Å². The van der Waals surface area contributed by atoms with Crippen LogP contribution in [0, 0.1) is 11.7 Å². The van der Waals surface area contributed by atoms with Gasteiger partial charge in [-0.25, -0.2) is 4.39 Å². The second-order valence-corrected chi connectivity index (χ2v) is 6.83. The van der Waals surface area contributed by atoms with Gasteiger partial charge in [0, 0.05) is 0 Å². The average molecular weight is 325 g/mol. The van der Waals surface area contributed by atoms with E-state index in [1.165, 1.54) is 64.2 Å². The highest BCUT2D eigenvalue weighted by Crippen LogP contribution is 2.20. The highest BCUT2D eigenvalue weighted by atomic mass is 32.1. The number of hydrogen-bond donors (Lipinski definition) is 1. The van der Waals surface area contributed by atoms with Crippen molar-refractivity contribution >= 4 is 12.6 Å². The zero-order chi connectivity index (χ0) is 16.0. The van der Waals surface area contributed by atoms with Crippen LogP contribution in [0.5, 0.6) is 0 Å². The first-order valence-electron chi connectivity index (χ1n) is 9.12. The number of hydrogen-bond acceptors (Lipinski definition) is 1. The zero-order valence-electron chi connectivity index (χ0n) is 14.2. The van der Waals surface area contributed by atoms with Gasteiger partial charge in [-0.3, -0.25) is 0 Å². The van der Waals surface area contributed by atoms with Crippen LogP contribution in [0.15, 0.2) is 24.3 Å². The summed E-state index contributed by atoms with van der Waals surface area (Å²) in [6.07, 6.45) is 14.2. The molecule has 1 aromatic carbocycles. The average Bonchev–Trinajstić information content (AvgIpc) is 2.54. The Morgan fingerprint density at radius 2 is 1.50 bits per heavy atom. The first-order chi connectivity index (χ1) is 10.8. The lowest BCUT2D eigenvalue weighted by Crippen LogP contribution is -2.08. The van der Waals surface area contributed by atoms with Crippen LogP contribution in [0.3, 0.4) is 0 Å². The summed E-state index contributed by atoms with van der Waals surface area (Å²) in [5.41, 5.74) is 0.845. The fraction of sp³-hybridized carbons (Fsp3) is 0.700. The second kappa shape index (κ2) is 13.0. The van der Waals surface area contributed by atoms with Crippen LogP contribution in [0.2, 0.25) is 0 Å². The third kappa shape index (κ3) is 8.82. The fourth-order valence-electron chi connectivity index (χ4n) is 2.98. The molecule has 0 fully saturated rings. The van der Waals surface area contributed by atoms with Crippen LogP contribution < -0.4 is 0 Å². The number of benzene rings is 1. The van der Waals surface area contributed by atoms with E-state index in [9.17, 15) is 4.39 Å². The minimum atomic E-state index is -0.0682. The predicted octanol–water partition coefficient (Wildman–Crippen LogP) is 6.84. The molecule has 0 saturated heterocycles. The van der Waals surface area contributed by atoms with Gasteiger partial charge in [-0.15, -0.1) is 0 Å². The Kier molecular flexibility index (Phi) is 11.5. The molecule has 0 amide bonds. The molecule has 0 spiro atoms. The predicted molar refractivity (Wildman–Crippen MR) is 99.3 cm³/mol. The van der Waals surface area contributed by atoms with E-state index in [0.29, 0.717) is 5.92 Å². The molecule has 0 aliphatic rings. The molecule has 22 heavy (non-hydrogen) atoms. The normalized spacial score (nSPS) is 12.5. The molecule has 1 aromatic rings. The van der Waals surface area contributed by atoms with Crippen molar-refractivity contribution in [3.8, 4) is 0 Å². The summed E-state index contributed by atoms with van der Waals surface area (Å²) in [5.74, 6) is 1.29. The summed E-state index contributed by atoms with van der Waals surface area (Å²) in [7, 11) is 0. The summed E-state index contributed by atoms with van der Waals surface area (Å²) >= 11 is 4.45. The third-order valence-corrected chi connectivity index (χ3v) is 4.96. The number of rotatable bonds is 13. The first kappa shape index (κ1) is 19.5. The number of unbranched alkanes of at least 4 members (excludes halogenated alkanes) is 8. The Balaban J connectivity index is 2.08.